The fourth-order valence-corrected chi connectivity index (χ4v) is 5.61. The molecular weight excluding hydrogens is 486 g/mol. The molecule has 1 N–H and O–H groups in total. The highest BCUT2D eigenvalue weighted by Gasteiger charge is 2.47. The van der Waals surface area contributed by atoms with Gasteiger partial charge in [-0.1, -0.05) is 119 Å². The number of ether oxygens (including phenoxy) is 3. The van der Waals surface area contributed by atoms with Gasteiger partial charge in [0.05, 0.1) is 44.2 Å². The molecule has 0 bridgehead atoms. The van der Waals surface area contributed by atoms with E-state index >= 15 is 0 Å². The molecule has 1 fully saturated rings. The zero-order valence-corrected chi connectivity index (χ0v) is 24.7. The molecular formula is C34H53NO4. The van der Waals surface area contributed by atoms with Gasteiger partial charge in [0.2, 0.25) is 0 Å². The Morgan fingerprint density at radius 3 is 1.92 bits per heavy atom. The van der Waals surface area contributed by atoms with Gasteiger partial charge in [-0.2, -0.15) is 0 Å². The van der Waals surface area contributed by atoms with Crippen molar-refractivity contribution in [2.75, 3.05) is 20.2 Å². The molecule has 2 aromatic carbocycles. The van der Waals surface area contributed by atoms with E-state index in [1.54, 1.807) is 0 Å². The number of aliphatic hydroxyl groups excluding tert-OH is 1. The Morgan fingerprint density at radius 2 is 1.31 bits per heavy atom. The number of hydrogen-bond acceptors (Lipinski definition) is 5. The average molecular weight is 540 g/mol. The van der Waals surface area contributed by atoms with Gasteiger partial charge in [0.25, 0.3) is 0 Å². The molecule has 5 atom stereocenters. The lowest BCUT2D eigenvalue weighted by Crippen LogP contribution is -2.49. The molecule has 2 aromatic rings. The number of likely N-dealkylation sites (N-methyl/N-ethyl adjacent to an activating group) is 1. The van der Waals surface area contributed by atoms with Crippen molar-refractivity contribution in [1.82, 2.24) is 4.90 Å². The first-order valence-corrected chi connectivity index (χ1v) is 15.4. The van der Waals surface area contributed by atoms with E-state index in [9.17, 15) is 5.11 Å². The quantitative estimate of drug-likeness (QED) is 0.181. The molecule has 1 saturated carbocycles. The lowest BCUT2D eigenvalue weighted by Gasteiger charge is -2.35. The van der Waals surface area contributed by atoms with Crippen molar-refractivity contribution in [3.63, 3.8) is 0 Å². The van der Waals surface area contributed by atoms with Crippen molar-refractivity contribution in [3.8, 4) is 0 Å². The first-order valence-electron chi connectivity index (χ1n) is 15.4. The van der Waals surface area contributed by atoms with E-state index in [0.717, 1.165) is 44.2 Å². The summed E-state index contributed by atoms with van der Waals surface area (Å²) in [5.41, 5.74) is 2.33. The molecule has 3 rings (SSSR count). The number of benzene rings is 2. The monoisotopic (exact) mass is 539 g/mol. The van der Waals surface area contributed by atoms with Gasteiger partial charge < -0.3 is 19.3 Å². The van der Waals surface area contributed by atoms with Crippen molar-refractivity contribution >= 4 is 0 Å². The lowest BCUT2D eigenvalue weighted by molar-refractivity contribution is -0.107. The normalized spacial score (nSPS) is 22.0. The first-order chi connectivity index (χ1) is 19.1. The first kappa shape index (κ1) is 31.8. The molecule has 0 heterocycles. The second-order valence-corrected chi connectivity index (χ2v) is 11.2. The maximum Gasteiger partial charge on any atom is 0.102 e. The molecule has 0 amide bonds. The molecule has 5 heteroatoms. The minimum absolute atomic E-state index is 0.00569. The largest absolute Gasteiger partial charge is 0.391 e. The summed E-state index contributed by atoms with van der Waals surface area (Å²) in [5.74, 6) is 0. The zero-order chi connectivity index (χ0) is 27.7. The summed E-state index contributed by atoms with van der Waals surface area (Å²) in [7, 11) is 2.21. The second kappa shape index (κ2) is 18.6. The third kappa shape index (κ3) is 11.3. The molecule has 0 aromatic heterocycles. The van der Waals surface area contributed by atoms with Crippen molar-refractivity contribution in [1.29, 1.82) is 0 Å². The molecule has 218 valence electrons. The lowest BCUT2D eigenvalue weighted by atomic mass is 10.1. The molecule has 0 saturated heterocycles. The predicted octanol–water partition coefficient (Wildman–Crippen LogP) is 7.16. The molecule has 1 aliphatic carbocycles. The van der Waals surface area contributed by atoms with Crippen LogP contribution in [0, 0.1) is 0 Å². The summed E-state index contributed by atoms with van der Waals surface area (Å²) < 4.78 is 19.7. The van der Waals surface area contributed by atoms with E-state index in [0.29, 0.717) is 19.8 Å². The predicted molar refractivity (Wildman–Crippen MR) is 160 cm³/mol. The highest BCUT2D eigenvalue weighted by atomic mass is 16.6. The summed E-state index contributed by atoms with van der Waals surface area (Å²) in [6.07, 6.45) is 10.4. The topological polar surface area (TPSA) is 51.2 Å². The Bertz CT molecular complexity index is 864. The average Bonchev–Trinajstić information content (AvgIpc) is 3.32. The highest BCUT2D eigenvalue weighted by molar-refractivity contribution is 5.15. The van der Waals surface area contributed by atoms with Crippen LogP contribution in [0.2, 0.25) is 0 Å². The van der Waals surface area contributed by atoms with E-state index in [1.807, 2.05) is 12.1 Å². The van der Waals surface area contributed by atoms with Crippen molar-refractivity contribution in [2.24, 2.45) is 0 Å². The molecule has 0 radical (unpaired) electrons. The maximum absolute atomic E-state index is 10.7. The van der Waals surface area contributed by atoms with Crippen LogP contribution in [0.1, 0.15) is 89.2 Å². The van der Waals surface area contributed by atoms with Crippen molar-refractivity contribution in [3.05, 3.63) is 71.8 Å². The SMILES string of the molecule is CCCCCCCN(C)[C@H]1[C@H](OCC(O)CCCCC)[C@H](OCc2ccccc2)C[C@@H]1OCc1ccccc1. The molecule has 1 unspecified atom stereocenters. The smallest absolute Gasteiger partial charge is 0.102 e. The van der Waals surface area contributed by atoms with Gasteiger partial charge in [-0.3, -0.25) is 4.90 Å². The molecule has 1 aliphatic rings. The third-order valence-electron chi connectivity index (χ3n) is 7.91. The summed E-state index contributed by atoms with van der Waals surface area (Å²) in [5, 5.41) is 10.7. The van der Waals surface area contributed by atoms with Gasteiger partial charge in [0, 0.05) is 6.42 Å². The standard InChI is InChI=1S/C34H53NO4/c1-4-6-8-9-17-23-35(3)33-31(37-25-28-18-13-10-14-19-28)24-32(38-26-29-20-15-11-16-21-29)34(33)39-27-30(36)22-12-7-5-2/h10-11,13-16,18-21,30-34,36H,4-9,12,17,22-27H2,1-3H3/t30?,31-,32+,33+,34+/m0/s1. The van der Waals surface area contributed by atoms with Crippen LogP contribution in [-0.2, 0) is 27.4 Å². The maximum atomic E-state index is 10.7. The van der Waals surface area contributed by atoms with Crippen LogP contribution in [0.25, 0.3) is 0 Å². The van der Waals surface area contributed by atoms with E-state index in [1.165, 1.54) is 37.7 Å². The van der Waals surface area contributed by atoms with E-state index < -0.39 is 6.10 Å². The molecule has 39 heavy (non-hydrogen) atoms. The van der Waals surface area contributed by atoms with Crippen LogP contribution >= 0.6 is 0 Å². The van der Waals surface area contributed by atoms with E-state index in [2.05, 4.69) is 74.3 Å². The Morgan fingerprint density at radius 1 is 0.744 bits per heavy atom. The van der Waals surface area contributed by atoms with Gasteiger partial charge in [-0.25, -0.2) is 0 Å². The van der Waals surface area contributed by atoms with Gasteiger partial charge in [-0.15, -0.1) is 0 Å². The molecule has 5 nitrogen and oxygen atoms in total. The fraction of sp³-hybridized carbons (Fsp3) is 0.647. The van der Waals surface area contributed by atoms with Crippen LogP contribution in [0.15, 0.2) is 60.7 Å². The van der Waals surface area contributed by atoms with Crippen LogP contribution in [0.4, 0.5) is 0 Å². The van der Waals surface area contributed by atoms with Crippen molar-refractivity contribution < 1.29 is 19.3 Å². The molecule has 0 spiro atoms. The Balaban J connectivity index is 1.72. The third-order valence-corrected chi connectivity index (χ3v) is 7.91. The van der Waals surface area contributed by atoms with Gasteiger partial charge >= 0.3 is 0 Å². The van der Waals surface area contributed by atoms with Crippen LogP contribution in [0.3, 0.4) is 0 Å². The van der Waals surface area contributed by atoms with E-state index in [4.69, 9.17) is 14.2 Å². The Hall–Kier alpha value is -1.76. The number of rotatable bonds is 20. The number of unbranched alkanes of at least 4 members (excludes halogenated alkanes) is 6. The summed E-state index contributed by atoms with van der Waals surface area (Å²) >= 11 is 0. The number of aliphatic hydroxyl groups is 1. The summed E-state index contributed by atoms with van der Waals surface area (Å²) in [6, 6.07) is 20.8. The minimum Gasteiger partial charge on any atom is -0.391 e. The zero-order valence-electron chi connectivity index (χ0n) is 24.7. The van der Waals surface area contributed by atoms with Crippen LogP contribution < -0.4 is 0 Å². The number of hydrogen-bond donors (Lipinski definition) is 1. The van der Waals surface area contributed by atoms with Gasteiger partial charge in [-0.05, 0) is 37.6 Å². The molecule has 0 aliphatic heterocycles. The summed E-state index contributed by atoms with van der Waals surface area (Å²) in [6.45, 7) is 6.91. The van der Waals surface area contributed by atoms with Crippen molar-refractivity contribution in [2.45, 2.75) is 122 Å². The summed E-state index contributed by atoms with van der Waals surface area (Å²) in [4.78, 5) is 2.43. The highest BCUT2D eigenvalue weighted by Crippen LogP contribution is 2.33. The van der Waals surface area contributed by atoms with Gasteiger partial charge in [0.1, 0.15) is 6.10 Å². The Labute approximate surface area is 237 Å². The van der Waals surface area contributed by atoms with Crippen LogP contribution in [0.5, 0.6) is 0 Å². The Kier molecular flexibility index (Phi) is 15.1. The van der Waals surface area contributed by atoms with Crippen LogP contribution in [-0.4, -0.2) is 60.7 Å². The minimum atomic E-state index is -0.449. The van der Waals surface area contributed by atoms with Gasteiger partial charge in [0.15, 0.2) is 0 Å². The van der Waals surface area contributed by atoms with E-state index in [-0.39, 0.29) is 24.4 Å². The fourth-order valence-electron chi connectivity index (χ4n) is 5.61. The number of nitrogens with zero attached hydrogens (tertiary/aromatic N) is 1. The second-order valence-electron chi connectivity index (χ2n) is 11.2.